The van der Waals surface area contributed by atoms with Crippen molar-refractivity contribution in [2.45, 2.75) is 18.9 Å². The second kappa shape index (κ2) is 3.18. The Morgan fingerprint density at radius 1 is 1.82 bits per heavy atom. The predicted molar refractivity (Wildman–Crippen MR) is 35.9 cm³/mol. The molecule has 0 fully saturated rings. The summed E-state index contributed by atoms with van der Waals surface area (Å²) in [6, 6.07) is 0. The minimum absolute atomic E-state index is 0.330. The van der Waals surface area contributed by atoms with Gasteiger partial charge >= 0.3 is 5.97 Å². The van der Waals surface area contributed by atoms with Gasteiger partial charge in [-0.1, -0.05) is 0 Å². The Morgan fingerprint density at radius 2 is 2.55 bits per heavy atom. The van der Waals surface area contributed by atoms with Crippen molar-refractivity contribution in [2.24, 2.45) is 0 Å². The molecule has 0 amide bonds. The molecule has 60 valence electrons. The number of rotatable bonds is 3. The highest BCUT2D eigenvalue weighted by molar-refractivity contribution is 5.87. The van der Waals surface area contributed by atoms with E-state index in [0.29, 0.717) is 24.9 Å². The molecule has 0 heterocycles. The van der Waals surface area contributed by atoms with E-state index in [1.807, 2.05) is 0 Å². The fourth-order valence-electron chi connectivity index (χ4n) is 1.05. The molecule has 1 rings (SSSR count). The van der Waals surface area contributed by atoms with Crippen LogP contribution in [-0.2, 0) is 14.3 Å². The van der Waals surface area contributed by atoms with E-state index < -0.39 is 5.97 Å². The van der Waals surface area contributed by atoms with Gasteiger partial charge in [0.05, 0.1) is 0 Å². The second-order valence-corrected chi connectivity index (χ2v) is 2.31. The number of hydrogen-bond acceptors (Lipinski definition) is 3. The van der Waals surface area contributed by atoms with Crippen LogP contribution in [0, 0.1) is 0 Å². The van der Waals surface area contributed by atoms with Crippen molar-refractivity contribution in [2.75, 3.05) is 0 Å². The molecule has 0 aliphatic heterocycles. The van der Waals surface area contributed by atoms with Crippen molar-refractivity contribution in [1.29, 1.82) is 0 Å². The number of carbonyl (C=O) groups excluding carboxylic acids is 1. The van der Waals surface area contributed by atoms with Crippen LogP contribution in [0.2, 0.25) is 0 Å². The second-order valence-electron chi connectivity index (χ2n) is 2.31. The van der Waals surface area contributed by atoms with Gasteiger partial charge in [0.15, 0.2) is 0 Å². The SMILES string of the molecule is O=COC1C=C(C(=O)O)CC1. The average Bonchev–Trinajstić information content (AvgIpc) is 2.37. The fraction of sp³-hybridized carbons (Fsp3) is 0.429. The standard InChI is InChI=1S/C7H8O4/c8-4-11-6-2-1-5(3-6)7(9)10/h3-4,6H,1-2H2,(H,9,10). The lowest BCUT2D eigenvalue weighted by atomic mass is 10.2. The van der Waals surface area contributed by atoms with Crippen LogP contribution < -0.4 is 0 Å². The van der Waals surface area contributed by atoms with Gasteiger partial charge in [-0.15, -0.1) is 0 Å². The van der Waals surface area contributed by atoms with Crippen LogP contribution in [0.3, 0.4) is 0 Å². The van der Waals surface area contributed by atoms with Gasteiger partial charge in [0.25, 0.3) is 6.47 Å². The van der Waals surface area contributed by atoms with Crippen molar-refractivity contribution in [3.63, 3.8) is 0 Å². The van der Waals surface area contributed by atoms with Gasteiger partial charge in [0.1, 0.15) is 6.10 Å². The molecule has 1 N–H and O–H groups in total. The van der Waals surface area contributed by atoms with Crippen LogP contribution in [0.5, 0.6) is 0 Å². The summed E-state index contributed by atoms with van der Waals surface area (Å²) in [5.74, 6) is -0.929. The summed E-state index contributed by atoms with van der Waals surface area (Å²) in [6.45, 7) is 0.339. The van der Waals surface area contributed by atoms with Gasteiger partial charge in [-0.3, -0.25) is 4.79 Å². The molecule has 0 bridgehead atoms. The molecule has 0 saturated carbocycles. The Bertz CT molecular complexity index is 206. The van der Waals surface area contributed by atoms with Crippen molar-refractivity contribution >= 4 is 12.4 Å². The maximum atomic E-state index is 10.3. The van der Waals surface area contributed by atoms with Gasteiger partial charge in [0, 0.05) is 5.57 Å². The summed E-state index contributed by atoms with van der Waals surface area (Å²) in [4.78, 5) is 20.2. The van der Waals surface area contributed by atoms with Gasteiger partial charge in [-0.2, -0.15) is 0 Å². The first-order valence-corrected chi connectivity index (χ1v) is 3.27. The van der Waals surface area contributed by atoms with Crippen LogP contribution in [0.25, 0.3) is 0 Å². The molecule has 0 saturated heterocycles. The molecule has 1 aliphatic rings. The number of aliphatic carboxylic acids is 1. The number of carboxylic acids is 1. The largest absolute Gasteiger partial charge is 0.478 e. The average molecular weight is 156 g/mol. The first-order valence-electron chi connectivity index (χ1n) is 3.27. The smallest absolute Gasteiger partial charge is 0.331 e. The molecule has 4 heteroatoms. The fourth-order valence-corrected chi connectivity index (χ4v) is 1.05. The lowest BCUT2D eigenvalue weighted by Crippen LogP contribution is -2.03. The normalized spacial score (nSPS) is 22.5. The summed E-state index contributed by atoms with van der Waals surface area (Å²) in [6.07, 6.45) is 2.20. The van der Waals surface area contributed by atoms with Crippen molar-refractivity contribution in [3.8, 4) is 0 Å². The molecule has 0 spiro atoms. The highest BCUT2D eigenvalue weighted by Gasteiger charge is 2.20. The summed E-state index contributed by atoms with van der Waals surface area (Å²) < 4.78 is 4.56. The third kappa shape index (κ3) is 1.80. The molecule has 0 radical (unpaired) electrons. The highest BCUT2D eigenvalue weighted by atomic mass is 16.5. The molecule has 11 heavy (non-hydrogen) atoms. The minimum atomic E-state index is -0.929. The maximum Gasteiger partial charge on any atom is 0.331 e. The van der Waals surface area contributed by atoms with E-state index in [4.69, 9.17) is 5.11 Å². The zero-order valence-electron chi connectivity index (χ0n) is 5.82. The monoisotopic (exact) mass is 156 g/mol. The van der Waals surface area contributed by atoms with E-state index >= 15 is 0 Å². The van der Waals surface area contributed by atoms with Crippen molar-refractivity contribution in [3.05, 3.63) is 11.6 Å². The lowest BCUT2D eigenvalue weighted by molar-refractivity contribution is -0.133. The third-order valence-corrected chi connectivity index (χ3v) is 1.59. The van der Waals surface area contributed by atoms with Gasteiger partial charge in [-0.05, 0) is 18.9 Å². The van der Waals surface area contributed by atoms with E-state index in [2.05, 4.69) is 4.74 Å². The van der Waals surface area contributed by atoms with Crippen molar-refractivity contribution < 1.29 is 19.4 Å². The van der Waals surface area contributed by atoms with E-state index in [-0.39, 0.29) is 6.10 Å². The molecular weight excluding hydrogens is 148 g/mol. The Kier molecular flexibility index (Phi) is 2.25. The summed E-state index contributed by atoms with van der Waals surface area (Å²) in [5, 5.41) is 8.49. The van der Waals surface area contributed by atoms with Gasteiger partial charge in [0.2, 0.25) is 0 Å². The Morgan fingerprint density at radius 3 is 3.00 bits per heavy atom. The maximum absolute atomic E-state index is 10.3. The lowest BCUT2D eigenvalue weighted by Gasteiger charge is -2.01. The van der Waals surface area contributed by atoms with Crippen LogP contribution >= 0.6 is 0 Å². The van der Waals surface area contributed by atoms with Gasteiger partial charge < -0.3 is 9.84 Å². The minimum Gasteiger partial charge on any atom is -0.478 e. The summed E-state index contributed by atoms with van der Waals surface area (Å²) in [5.41, 5.74) is 0.330. The molecular formula is C7H8O4. The summed E-state index contributed by atoms with van der Waals surface area (Å²) >= 11 is 0. The molecule has 0 aromatic heterocycles. The number of carbonyl (C=O) groups is 2. The quantitative estimate of drug-likeness (QED) is 0.598. The zero-order chi connectivity index (χ0) is 8.27. The van der Waals surface area contributed by atoms with E-state index in [9.17, 15) is 9.59 Å². The zero-order valence-corrected chi connectivity index (χ0v) is 5.82. The topological polar surface area (TPSA) is 63.6 Å². The Labute approximate surface area is 63.5 Å². The first kappa shape index (κ1) is 7.78. The number of hydrogen-bond donors (Lipinski definition) is 1. The summed E-state index contributed by atoms with van der Waals surface area (Å²) in [7, 11) is 0. The van der Waals surface area contributed by atoms with E-state index in [0.717, 1.165) is 0 Å². The van der Waals surface area contributed by atoms with E-state index in [1.165, 1.54) is 6.08 Å². The predicted octanol–water partition coefficient (Wildman–Crippen LogP) is 0.333. The van der Waals surface area contributed by atoms with E-state index in [1.54, 1.807) is 0 Å². The van der Waals surface area contributed by atoms with Crippen LogP contribution in [0.1, 0.15) is 12.8 Å². The molecule has 1 aliphatic carbocycles. The van der Waals surface area contributed by atoms with Crippen molar-refractivity contribution in [1.82, 2.24) is 0 Å². The Balaban J connectivity index is 2.53. The highest BCUT2D eigenvalue weighted by Crippen LogP contribution is 2.20. The molecule has 0 aromatic rings. The number of ether oxygens (including phenoxy) is 1. The van der Waals surface area contributed by atoms with Crippen LogP contribution in [0.15, 0.2) is 11.6 Å². The van der Waals surface area contributed by atoms with Gasteiger partial charge in [-0.25, -0.2) is 4.79 Å². The van der Waals surface area contributed by atoms with Crippen LogP contribution in [-0.4, -0.2) is 23.7 Å². The Hall–Kier alpha value is -1.32. The molecule has 1 atom stereocenters. The first-order chi connectivity index (χ1) is 5.24. The molecule has 1 unspecified atom stereocenters. The molecule has 0 aromatic carbocycles. The third-order valence-electron chi connectivity index (χ3n) is 1.59. The van der Waals surface area contributed by atoms with Crippen LogP contribution in [0.4, 0.5) is 0 Å². The molecule has 4 nitrogen and oxygen atoms in total. The number of carboxylic acid groups (broad SMARTS) is 1.